The predicted molar refractivity (Wildman–Crippen MR) is 114 cm³/mol. The van der Waals surface area contributed by atoms with Crippen molar-refractivity contribution in [3.63, 3.8) is 0 Å². The molecule has 0 amide bonds. The van der Waals surface area contributed by atoms with Gasteiger partial charge in [-0.05, 0) is 68.7 Å². The molecular formula is C22H35N3O2S. The fraction of sp³-hybridized carbons (Fsp3) is 0.727. The maximum absolute atomic E-state index is 12.0. The van der Waals surface area contributed by atoms with Gasteiger partial charge in [0.2, 0.25) is 10.0 Å². The topological polar surface area (TPSA) is 43.9 Å². The number of hydrogen-bond acceptors (Lipinski definition) is 4. The van der Waals surface area contributed by atoms with Crippen molar-refractivity contribution in [3.8, 4) is 0 Å². The number of rotatable bonds is 7. The first-order valence-electron chi connectivity index (χ1n) is 11.0. The third-order valence-corrected chi connectivity index (χ3v) is 8.78. The summed E-state index contributed by atoms with van der Waals surface area (Å²) in [5, 5.41) is 0. The molecule has 3 aliphatic rings. The molecule has 2 aliphatic heterocycles. The summed E-state index contributed by atoms with van der Waals surface area (Å²) in [5.41, 5.74) is 2.95. The van der Waals surface area contributed by atoms with Gasteiger partial charge in [-0.15, -0.1) is 0 Å². The predicted octanol–water partition coefficient (Wildman–Crippen LogP) is 2.74. The van der Waals surface area contributed by atoms with Crippen molar-refractivity contribution in [1.82, 2.24) is 14.1 Å². The minimum Gasteiger partial charge on any atom is -0.300 e. The Morgan fingerprint density at radius 2 is 1.54 bits per heavy atom. The standard InChI is InChI=1S/C22H35N3O2S/c1-2-28(26,27)25-13-11-24(12-14-25)18-20-15-22(16-20)21-7-5-19(6-8-21)17-23-9-3-4-10-23/h5-8,20,22H,2-4,9-18H2,1H3. The first-order valence-corrected chi connectivity index (χ1v) is 12.7. The normalized spacial score (nSPS) is 27.8. The van der Waals surface area contributed by atoms with Gasteiger partial charge in [0.1, 0.15) is 0 Å². The van der Waals surface area contributed by atoms with E-state index >= 15 is 0 Å². The molecule has 1 aromatic carbocycles. The molecule has 0 aromatic heterocycles. The van der Waals surface area contributed by atoms with Crippen LogP contribution in [0.25, 0.3) is 0 Å². The largest absolute Gasteiger partial charge is 0.300 e. The van der Waals surface area contributed by atoms with Crippen LogP contribution >= 0.6 is 0 Å². The smallest absolute Gasteiger partial charge is 0.213 e. The van der Waals surface area contributed by atoms with Gasteiger partial charge in [-0.3, -0.25) is 4.90 Å². The Bertz CT molecular complexity index is 730. The molecule has 0 radical (unpaired) electrons. The zero-order valence-corrected chi connectivity index (χ0v) is 18.0. The summed E-state index contributed by atoms with van der Waals surface area (Å²) in [5.74, 6) is 1.70. The molecule has 1 aromatic rings. The lowest BCUT2D eigenvalue weighted by molar-refractivity contribution is 0.124. The van der Waals surface area contributed by atoms with Gasteiger partial charge in [0.25, 0.3) is 0 Å². The summed E-state index contributed by atoms with van der Waals surface area (Å²) < 4.78 is 25.6. The van der Waals surface area contributed by atoms with Crippen LogP contribution in [0.15, 0.2) is 24.3 Å². The van der Waals surface area contributed by atoms with Crippen LogP contribution in [0.3, 0.4) is 0 Å². The molecule has 3 fully saturated rings. The van der Waals surface area contributed by atoms with E-state index in [9.17, 15) is 8.42 Å². The van der Waals surface area contributed by atoms with E-state index in [1.165, 1.54) is 49.9 Å². The zero-order valence-electron chi connectivity index (χ0n) is 17.2. The van der Waals surface area contributed by atoms with Crippen LogP contribution in [-0.2, 0) is 16.6 Å². The minimum atomic E-state index is -3.02. The summed E-state index contributed by atoms with van der Waals surface area (Å²) in [6, 6.07) is 9.35. The van der Waals surface area contributed by atoms with E-state index in [1.807, 2.05) is 0 Å². The van der Waals surface area contributed by atoms with Crippen molar-refractivity contribution in [2.24, 2.45) is 5.92 Å². The molecule has 1 aliphatic carbocycles. The molecule has 0 spiro atoms. The molecule has 2 heterocycles. The van der Waals surface area contributed by atoms with E-state index in [1.54, 1.807) is 11.2 Å². The SMILES string of the molecule is CCS(=O)(=O)N1CCN(CC2CC(c3ccc(CN4CCCC4)cc3)C2)CC1. The first kappa shape index (κ1) is 20.3. The van der Waals surface area contributed by atoms with Crippen molar-refractivity contribution in [2.75, 3.05) is 51.6 Å². The van der Waals surface area contributed by atoms with Gasteiger partial charge in [0, 0.05) is 39.3 Å². The van der Waals surface area contributed by atoms with Crippen molar-refractivity contribution in [3.05, 3.63) is 35.4 Å². The highest BCUT2D eigenvalue weighted by atomic mass is 32.2. The molecule has 0 bridgehead atoms. The molecule has 5 nitrogen and oxygen atoms in total. The Kier molecular flexibility index (Phi) is 6.40. The lowest BCUT2D eigenvalue weighted by atomic mass is 9.71. The highest BCUT2D eigenvalue weighted by Crippen LogP contribution is 2.42. The third kappa shape index (κ3) is 4.78. The average molecular weight is 406 g/mol. The maximum Gasteiger partial charge on any atom is 0.213 e. The number of benzene rings is 1. The zero-order chi connectivity index (χ0) is 19.6. The van der Waals surface area contributed by atoms with Crippen molar-refractivity contribution in [1.29, 1.82) is 0 Å². The lowest BCUT2D eigenvalue weighted by Gasteiger charge is -2.41. The summed E-state index contributed by atoms with van der Waals surface area (Å²) in [7, 11) is -3.02. The fourth-order valence-electron chi connectivity index (χ4n) is 4.99. The van der Waals surface area contributed by atoms with E-state index in [0.29, 0.717) is 19.0 Å². The van der Waals surface area contributed by atoms with E-state index in [-0.39, 0.29) is 5.75 Å². The molecule has 6 heteroatoms. The monoisotopic (exact) mass is 405 g/mol. The Balaban J connectivity index is 1.19. The van der Waals surface area contributed by atoms with E-state index in [4.69, 9.17) is 0 Å². The van der Waals surface area contributed by atoms with Crippen molar-refractivity contribution in [2.45, 2.75) is 45.1 Å². The summed E-state index contributed by atoms with van der Waals surface area (Å²) >= 11 is 0. The summed E-state index contributed by atoms with van der Waals surface area (Å²) in [4.78, 5) is 5.02. The van der Waals surface area contributed by atoms with E-state index in [2.05, 4.69) is 34.1 Å². The Labute approximate surface area is 170 Å². The van der Waals surface area contributed by atoms with Crippen molar-refractivity contribution >= 4 is 10.0 Å². The molecule has 0 unspecified atom stereocenters. The molecule has 2 saturated heterocycles. The van der Waals surface area contributed by atoms with Crippen molar-refractivity contribution < 1.29 is 8.42 Å². The Hall–Kier alpha value is -0.950. The van der Waals surface area contributed by atoms with Gasteiger partial charge < -0.3 is 4.90 Å². The van der Waals surface area contributed by atoms with Gasteiger partial charge in [-0.25, -0.2) is 8.42 Å². The molecule has 28 heavy (non-hydrogen) atoms. The highest BCUT2D eigenvalue weighted by Gasteiger charge is 2.33. The molecule has 156 valence electrons. The number of likely N-dealkylation sites (tertiary alicyclic amines) is 1. The van der Waals surface area contributed by atoms with Gasteiger partial charge in [-0.1, -0.05) is 24.3 Å². The number of sulfonamides is 1. The van der Waals surface area contributed by atoms with Crippen LogP contribution in [0.4, 0.5) is 0 Å². The average Bonchev–Trinajstić information content (AvgIpc) is 3.19. The number of hydrogen-bond donors (Lipinski definition) is 0. The van der Waals surface area contributed by atoms with E-state index in [0.717, 1.165) is 32.1 Å². The number of piperazine rings is 1. The highest BCUT2D eigenvalue weighted by molar-refractivity contribution is 7.89. The third-order valence-electron chi connectivity index (χ3n) is 6.90. The van der Waals surface area contributed by atoms with Gasteiger partial charge in [0.05, 0.1) is 5.75 Å². The van der Waals surface area contributed by atoms with Gasteiger partial charge >= 0.3 is 0 Å². The second-order valence-corrected chi connectivity index (χ2v) is 11.1. The van der Waals surface area contributed by atoms with Crippen LogP contribution in [0, 0.1) is 5.92 Å². The van der Waals surface area contributed by atoms with E-state index < -0.39 is 10.0 Å². The molecule has 0 N–H and O–H groups in total. The number of nitrogens with zero attached hydrogens (tertiary/aromatic N) is 3. The Morgan fingerprint density at radius 1 is 0.893 bits per heavy atom. The van der Waals surface area contributed by atoms with Crippen LogP contribution in [0.1, 0.15) is 49.7 Å². The molecule has 4 rings (SSSR count). The molecule has 0 atom stereocenters. The summed E-state index contributed by atoms with van der Waals surface area (Å²) in [6.07, 6.45) is 5.26. The van der Waals surface area contributed by atoms with Gasteiger partial charge in [-0.2, -0.15) is 4.31 Å². The second kappa shape index (κ2) is 8.82. The Morgan fingerprint density at radius 3 is 2.14 bits per heavy atom. The molecule has 1 saturated carbocycles. The maximum atomic E-state index is 12.0. The minimum absolute atomic E-state index is 0.216. The summed E-state index contributed by atoms with van der Waals surface area (Å²) in [6.45, 7) is 9.55. The first-order chi connectivity index (χ1) is 13.5. The van der Waals surface area contributed by atoms with Crippen LogP contribution < -0.4 is 0 Å². The van der Waals surface area contributed by atoms with Crippen LogP contribution in [-0.4, -0.2) is 74.1 Å². The quantitative estimate of drug-likeness (QED) is 0.700. The van der Waals surface area contributed by atoms with Crippen LogP contribution in [0.5, 0.6) is 0 Å². The van der Waals surface area contributed by atoms with Gasteiger partial charge in [0.15, 0.2) is 0 Å². The fourth-order valence-corrected chi connectivity index (χ4v) is 6.07. The molecular weight excluding hydrogens is 370 g/mol. The lowest BCUT2D eigenvalue weighted by Crippen LogP contribution is -2.50. The second-order valence-electron chi connectivity index (χ2n) is 8.86. The van der Waals surface area contributed by atoms with Crippen LogP contribution in [0.2, 0.25) is 0 Å².